The third kappa shape index (κ3) is 2.55. The zero-order valence-electron chi connectivity index (χ0n) is 15.8. The topological polar surface area (TPSA) is 106 Å². The van der Waals surface area contributed by atoms with Crippen LogP contribution in [0.15, 0.2) is 24.5 Å². The fraction of sp³-hybridized carbons (Fsp3) is 0.500. The van der Waals surface area contributed by atoms with Gasteiger partial charge in [0, 0.05) is 30.4 Å². The van der Waals surface area contributed by atoms with E-state index in [1.54, 1.807) is 23.1 Å². The third-order valence-electron chi connectivity index (χ3n) is 5.80. The molecule has 1 aliphatic heterocycles. The van der Waals surface area contributed by atoms with Crippen molar-refractivity contribution < 1.29 is 13.2 Å². The van der Waals surface area contributed by atoms with E-state index >= 15 is 0 Å². The van der Waals surface area contributed by atoms with Gasteiger partial charge in [-0.3, -0.25) is 5.10 Å². The predicted molar refractivity (Wildman–Crippen MR) is 104 cm³/mol. The number of nitrogens with zero attached hydrogens (tertiary/aromatic N) is 5. The summed E-state index contributed by atoms with van der Waals surface area (Å²) in [6.07, 6.45) is 5.98. The number of aromatic nitrogens is 5. The van der Waals surface area contributed by atoms with Crippen LogP contribution in [-0.2, 0) is 19.3 Å². The summed E-state index contributed by atoms with van der Waals surface area (Å²) in [5, 5.41) is 12.2. The van der Waals surface area contributed by atoms with Gasteiger partial charge in [-0.25, -0.2) is 13.4 Å². The van der Waals surface area contributed by atoms with Crippen molar-refractivity contribution in [3.05, 3.63) is 30.1 Å². The van der Waals surface area contributed by atoms with Crippen LogP contribution in [0.25, 0.3) is 16.9 Å². The summed E-state index contributed by atoms with van der Waals surface area (Å²) in [5.41, 5.74) is 1.41. The fourth-order valence-corrected chi connectivity index (χ4v) is 5.48. The summed E-state index contributed by atoms with van der Waals surface area (Å²) in [5.74, 6) is 1.37. The van der Waals surface area contributed by atoms with Crippen molar-refractivity contribution >= 4 is 26.7 Å². The molecule has 4 heterocycles. The van der Waals surface area contributed by atoms with Gasteiger partial charge in [0.25, 0.3) is 0 Å². The summed E-state index contributed by atoms with van der Waals surface area (Å²) >= 11 is 0. The molecule has 0 bridgehead atoms. The van der Waals surface area contributed by atoms with Crippen LogP contribution in [0.4, 0.5) is 5.82 Å². The van der Waals surface area contributed by atoms with Crippen molar-refractivity contribution in [2.75, 3.05) is 30.9 Å². The molecule has 0 radical (unpaired) electrons. The second-order valence-electron chi connectivity index (χ2n) is 7.64. The lowest BCUT2D eigenvalue weighted by molar-refractivity contribution is 0.0985. The molecule has 3 aromatic rings. The molecule has 0 amide bonds. The molecule has 5 rings (SSSR count). The first-order valence-corrected chi connectivity index (χ1v) is 11.2. The van der Waals surface area contributed by atoms with Crippen LogP contribution in [0.5, 0.6) is 0 Å². The average Bonchev–Trinajstić information content (AvgIpc) is 3.11. The SMILES string of the molecule is CC1COCCN1c1cc(C2(S(C)(=O)=O)CC2)c2cnn(-c3cc[nH]n3)c2n1. The standard InChI is InChI=1S/C18H22N6O3S/c1-12-11-27-8-7-23(12)16-9-14(18(4-5-18)28(2,25)26)13-10-20-24(17(13)21-16)15-3-6-19-22-15/h3,6,9-10,12H,4-5,7-8,11H2,1-2H3,(H,19,22). The number of nitrogens with one attached hydrogen (secondary N) is 1. The van der Waals surface area contributed by atoms with Crippen molar-refractivity contribution in [1.29, 1.82) is 0 Å². The minimum atomic E-state index is -3.27. The summed E-state index contributed by atoms with van der Waals surface area (Å²) in [6, 6.07) is 3.90. The quantitative estimate of drug-likeness (QED) is 0.703. The first-order chi connectivity index (χ1) is 13.4. The maximum absolute atomic E-state index is 12.6. The molecule has 2 fully saturated rings. The maximum atomic E-state index is 12.6. The Morgan fingerprint density at radius 3 is 2.79 bits per heavy atom. The molecular formula is C18H22N6O3S. The van der Waals surface area contributed by atoms with Crippen LogP contribution in [0.3, 0.4) is 0 Å². The van der Waals surface area contributed by atoms with Crippen LogP contribution in [0.1, 0.15) is 25.3 Å². The highest BCUT2D eigenvalue weighted by molar-refractivity contribution is 7.92. The lowest BCUT2D eigenvalue weighted by atomic mass is 10.1. The van der Waals surface area contributed by atoms with Crippen molar-refractivity contribution in [2.45, 2.75) is 30.6 Å². The number of anilines is 1. The number of morpholine rings is 1. The van der Waals surface area contributed by atoms with E-state index in [1.165, 1.54) is 6.26 Å². The molecule has 1 atom stereocenters. The van der Waals surface area contributed by atoms with Crippen molar-refractivity contribution in [1.82, 2.24) is 25.0 Å². The van der Waals surface area contributed by atoms with Crippen molar-refractivity contribution in [2.24, 2.45) is 0 Å². The maximum Gasteiger partial charge on any atom is 0.177 e. The van der Waals surface area contributed by atoms with Crippen LogP contribution in [-0.4, -0.2) is 65.4 Å². The molecular weight excluding hydrogens is 380 g/mol. The number of fused-ring (bicyclic) bond motifs is 1. The number of hydrogen-bond acceptors (Lipinski definition) is 7. The molecule has 1 N–H and O–H groups in total. The number of aromatic amines is 1. The number of hydrogen-bond donors (Lipinski definition) is 1. The second kappa shape index (κ2) is 6.02. The average molecular weight is 402 g/mol. The Hall–Kier alpha value is -2.46. The molecule has 0 aromatic carbocycles. The van der Waals surface area contributed by atoms with Crippen LogP contribution in [0, 0.1) is 0 Å². The van der Waals surface area contributed by atoms with Gasteiger partial charge in [-0.2, -0.15) is 14.9 Å². The van der Waals surface area contributed by atoms with Gasteiger partial charge < -0.3 is 9.64 Å². The Labute approximate surface area is 162 Å². The molecule has 2 aliphatic rings. The molecule has 1 unspecified atom stereocenters. The number of rotatable bonds is 4. The zero-order chi connectivity index (χ0) is 19.5. The van der Waals surface area contributed by atoms with Gasteiger partial charge in [-0.1, -0.05) is 0 Å². The monoisotopic (exact) mass is 402 g/mol. The van der Waals surface area contributed by atoms with E-state index in [0.717, 1.165) is 16.8 Å². The second-order valence-corrected chi connectivity index (χ2v) is 9.96. The number of pyridine rings is 1. The highest BCUT2D eigenvalue weighted by Crippen LogP contribution is 2.54. The van der Waals surface area contributed by atoms with Gasteiger partial charge >= 0.3 is 0 Å². The Morgan fingerprint density at radius 1 is 1.32 bits per heavy atom. The molecule has 0 spiro atoms. The molecule has 1 saturated carbocycles. The molecule has 3 aromatic heterocycles. The highest BCUT2D eigenvalue weighted by atomic mass is 32.2. The zero-order valence-corrected chi connectivity index (χ0v) is 16.6. The van der Waals surface area contributed by atoms with Gasteiger partial charge in [0.15, 0.2) is 21.3 Å². The smallest absolute Gasteiger partial charge is 0.177 e. The van der Waals surface area contributed by atoms with Crippen molar-refractivity contribution in [3.8, 4) is 5.82 Å². The predicted octanol–water partition coefficient (Wildman–Crippen LogP) is 1.40. The molecule has 9 nitrogen and oxygen atoms in total. The summed E-state index contributed by atoms with van der Waals surface area (Å²) < 4.78 is 31.7. The fourth-order valence-electron chi connectivity index (χ4n) is 4.07. The number of H-pyrrole nitrogens is 1. The minimum Gasteiger partial charge on any atom is -0.377 e. The van der Waals surface area contributed by atoms with E-state index in [0.29, 0.717) is 44.1 Å². The highest BCUT2D eigenvalue weighted by Gasteiger charge is 2.55. The van der Waals surface area contributed by atoms with E-state index in [1.807, 2.05) is 6.07 Å². The summed E-state index contributed by atoms with van der Waals surface area (Å²) in [6.45, 7) is 4.03. The molecule has 10 heteroatoms. The molecule has 148 valence electrons. The summed E-state index contributed by atoms with van der Waals surface area (Å²) in [4.78, 5) is 7.04. The van der Waals surface area contributed by atoms with Crippen LogP contribution >= 0.6 is 0 Å². The lowest BCUT2D eigenvalue weighted by Crippen LogP contribution is -2.44. The Bertz CT molecular complexity index is 1130. The van der Waals surface area contributed by atoms with Crippen LogP contribution in [0.2, 0.25) is 0 Å². The van der Waals surface area contributed by atoms with Gasteiger partial charge in [-0.05, 0) is 31.4 Å². The van der Waals surface area contributed by atoms with E-state index in [-0.39, 0.29) is 6.04 Å². The van der Waals surface area contributed by atoms with Gasteiger partial charge in [-0.15, -0.1) is 0 Å². The number of sulfone groups is 1. The van der Waals surface area contributed by atoms with E-state index < -0.39 is 14.6 Å². The Morgan fingerprint density at radius 2 is 2.14 bits per heavy atom. The molecule has 1 saturated heterocycles. The first-order valence-electron chi connectivity index (χ1n) is 9.34. The number of ether oxygens (including phenoxy) is 1. The Balaban J connectivity index is 1.76. The van der Waals surface area contributed by atoms with Gasteiger partial charge in [0.05, 0.1) is 30.2 Å². The van der Waals surface area contributed by atoms with Crippen LogP contribution < -0.4 is 4.90 Å². The third-order valence-corrected chi connectivity index (χ3v) is 7.85. The summed E-state index contributed by atoms with van der Waals surface area (Å²) in [7, 11) is -3.27. The van der Waals surface area contributed by atoms with Gasteiger partial charge in [0.1, 0.15) is 5.82 Å². The van der Waals surface area contributed by atoms with Crippen molar-refractivity contribution in [3.63, 3.8) is 0 Å². The van der Waals surface area contributed by atoms with E-state index in [2.05, 4.69) is 27.1 Å². The molecule has 1 aliphatic carbocycles. The van der Waals surface area contributed by atoms with E-state index in [9.17, 15) is 8.42 Å². The largest absolute Gasteiger partial charge is 0.377 e. The molecule has 28 heavy (non-hydrogen) atoms. The minimum absolute atomic E-state index is 0.154. The van der Waals surface area contributed by atoms with Gasteiger partial charge in [0.2, 0.25) is 0 Å². The normalized spacial score (nSPS) is 21.9. The lowest BCUT2D eigenvalue weighted by Gasteiger charge is -2.34. The van der Waals surface area contributed by atoms with E-state index in [4.69, 9.17) is 9.72 Å². The Kier molecular flexibility index (Phi) is 3.79. The first kappa shape index (κ1) is 17.6.